The van der Waals surface area contributed by atoms with E-state index in [2.05, 4.69) is 10.0 Å². The van der Waals surface area contributed by atoms with Gasteiger partial charge in [0.15, 0.2) is 9.84 Å². The minimum Gasteiger partial charge on any atom is -0.390 e. The summed E-state index contributed by atoms with van der Waals surface area (Å²) in [5, 5.41) is 12.6. The third-order valence-corrected chi connectivity index (χ3v) is 7.55. The second kappa shape index (κ2) is 7.09. The van der Waals surface area contributed by atoms with Gasteiger partial charge in [-0.25, -0.2) is 21.6 Å². The van der Waals surface area contributed by atoms with E-state index in [1.165, 1.54) is 0 Å². The fourth-order valence-electron chi connectivity index (χ4n) is 2.77. The van der Waals surface area contributed by atoms with Crippen LogP contribution in [0, 0.1) is 20.8 Å². The molecule has 0 radical (unpaired) electrons. The summed E-state index contributed by atoms with van der Waals surface area (Å²) in [5.74, 6) is -0.380. The second-order valence-corrected chi connectivity index (χ2v) is 10.2. The highest BCUT2D eigenvalue weighted by Crippen LogP contribution is 2.19. The number of hydrogen-bond donors (Lipinski definition) is 3. The molecule has 136 valence electrons. The van der Waals surface area contributed by atoms with Crippen molar-refractivity contribution in [3.63, 3.8) is 0 Å². The largest absolute Gasteiger partial charge is 0.390 e. The van der Waals surface area contributed by atoms with Gasteiger partial charge in [0, 0.05) is 19.1 Å². The van der Waals surface area contributed by atoms with Crippen molar-refractivity contribution in [1.82, 2.24) is 10.0 Å². The van der Waals surface area contributed by atoms with Gasteiger partial charge in [-0.1, -0.05) is 6.07 Å². The highest BCUT2D eigenvalue weighted by Gasteiger charge is 2.35. The zero-order valence-electron chi connectivity index (χ0n) is 14.0. The van der Waals surface area contributed by atoms with Gasteiger partial charge in [-0.3, -0.25) is 0 Å². The third kappa shape index (κ3) is 4.54. The lowest BCUT2D eigenvalue weighted by atomic mass is 10.1. The molecule has 0 amide bonds. The van der Waals surface area contributed by atoms with Crippen LogP contribution in [0.5, 0.6) is 0 Å². The summed E-state index contributed by atoms with van der Waals surface area (Å²) in [7, 11) is -6.85. The van der Waals surface area contributed by atoms with E-state index >= 15 is 0 Å². The predicted molar refractivity (Wildman–Crippen MR) is 92.3 cm³/mol. The molecule has 1 aromatic carbocycles. The monoisotopic (exact) mass is 376 g/mol. The molecular weight excluding hydrogens is 352 g/mol. The van der Waals surface area contributed by atoms with Crippen LogP contribution in [0.4, 0.5) is 0 Å². The van der Waals surface area contributed by atoms with Crippen molar-refractivity contribution in [2.45, 2.75) is 37.8 Å². The molecule has 7 nitrogen and oxygen atoms in total. The molecule has 2 atom stereocenters. The van der Waals surface area contributed by atoms with E-state index in [0.29, 0.717) is 5.56 Å². The summed E-state index contributed by atoms with van der Waals surface area (Å²) >= 11 is 0. The maximum absolute atomic E-state index is 12.4. The molecule has 0 bridgehead atoms. The van der Waals surface area contributed by atoms with Gasteiger partial charge in [0.1, 0.15) is 0 Å². The van der Waals surface area contributed by atoms with E-state index in [1.807, 2.05) is 19.9 Å². The summed E-state index contributed by atoms with van der Waals surface area (Å²) in [6.45, 7) is 5.88. The van der Waals surface area contributed by atoms with E-state index in [4.69, 9.17) is 0 Å². The number of aliphatic hydroxyl groups is 1. The highest BCUT2D eigenvalue weighted by atomic mass is 32.2. The SMILES string of the molecule is Cc1cc(C)c(S(=O)(=O)NCCN[C@@H]2CS(=O)(=O)C[C@H]2O)cc1C. The van der Waals surface area contributed by atoms with Crippen LogP contribution in [0.25, 0.3) is 0 Å². The molecule has 24 heavy (non-hydrogen) atoms. The van der Waals surface area contributed by atoms with Crippen molar-refractivity contribution in [2.24, 2.45) is 0 Å². The molecule has 0 spiro atoms. The van der Waals surface area contributed by atoms with Crippen molar-refractivity contribution < 1.29 is 21.9 Å². The van der Waals surface area contributed by atoms with Crippen LogP contribution >= 0.6 is 0 Å². The molecular formula is C15H24N2O5S2. The van der Waals surface area contributed by atoms with Crippen molar-refractivity contribution in [3.8, 4) is 0 Å². The van der Waals surface area contributed by atoms with E-state index in [9.17, 15) is 21.9 Å². The first kappa shape index (κ1) is 19.3. The quantitative estimate of drug-likeness (QED) is 0.585. The first-order valence-corrected chi connectivity index (χ1v) is 11.0. The van der Waals surface area contributed by atoms with Gasteiger partial charge in [-0.2, -0.15) is 0 Å². The van der Waals surface area contributed by atoms with Gasteiger partial charge in [0.2, 0.25) is 10.0 Å². The van der Waals surface area contributed by atoms with Crippen LogP contribution < -0.4 is 10.0 Å². The number of aryl methyl sites for hydroxylation is 3. The summed E-state index contributed by atoms with van der Waals surface area (Å²) in [4.78, 5) is 0.245. The van der Waals surface area contributed by atoms with Crippen molar-refractivity contribution in [2.75, 3.05) is 24.6 Å². The molecule has 1 saturated heterocycles. The zero-order chi connectivity index (χ0) is 18.1. The summed E-state index contributed by atoms with van der Waals surface area (Å²) in [6.07, 6.45) is -0.950. The van der Waals surface area contributed by atoms with Crippen LogP contribution in [0.1, 0.15) is 16.7 Å². The van der Waals surface area contributed by atoms with Gasteiger partial charge in [-0.05, 0) is 43.5 Å². The molecule has 1 aliphatic heterocycles. The summed E-state index contributed by atoms with van der Waals surface area (Å²) in [5.41, 5.74) is 2.61. The van der Waals surface area contributed by atoms with Crippen molar-refractivity contribution >= 4 is 19.9 Å². The van der Waals surface area contributed by atoms with Gasteiger partial charge in [0.05, 0.1) is 22.5 Å². The second-order valence-electron chi connectivity index (χ2n) is 6.30. The number of sulfone groups is 1. The molecule has 3 N–H and O–H groups in total. The van der Waals surface area contributed by atoms with Crippen molar-refractivity contribution in [3.05, 3.63) is 28.8 Å². The number of sulfonamides is 1. The number of nitrogens with one attached hydrogen (secondary N) is 2. The summed E-state index contributed by atoms with van der Waals surface area (Å²) in [6, 6.07) is 2.93. The Balaban J connectivity index is 1.93. The molecule has 0 saturated carbocycles. The predicted octanol–water partition coefficient (Wildman–Crippen LogP) is -0.362. The van der Waals surface area contributed by atoms with Crippen molar-refractivity contribution in [1.29, 1.82) is 0 Å². The minimum absolute atomic E-state index is 0.109. The standard InChI is InChI=1S/C15H24N2O5S2/c1-10-6-12(3)15(7-11(10)2)24(21,22)17-5-4-16-13-8-23(19,20)9-14(13)18/h6-7,13-14,16-18H,4-5,8-9H2,1-3H3/t13-,14-/m1/s1. The lowest BCUT2D eigenvalue weighted by Crippen LogP contribution is -2.42. The number of aliphatic hydroxyl groups excluding tert-OH is 1. The molecule has 0 aromatic heterocycles. The Labute approximate surface area is 143 Å². The molecule has 1 aromatic rings. The number of rotatable bonds is 6. The lowest BCUT2D eigenvalue weighted by molar-refractivity contribution is 0.166. The Hall–Kier alpha value is -1.00. The number of benzene rings is 1. The Morgan fingerprint density at radius 2 is 1.71 bits per heavy atom. The molecule has 2 rings (SSSR count). The number of hydrogen-bond acceptors (Lipinski definition) is 6. The Morgan fingerprint density at radius 3 is 2.29 bits per heavy atom. The molecule has 1 aliphatic rings. The fraction of sp³-hybridized carbons (Fsp3) is 0.600. The van der Waals surface area contributed by atoms with E-state index in [1.54, 1.807) is 13.0 Å². The molecule has 0 aliphatic carbocycles. The normalized spacial score (nSPS) is 23.5. The topological polar surface area (TPSA) is 113 Å². The van der Waals surface area contributed by atoms with E-state index in [-0.39, 0.29) is 29.5 Å². The maximum Gasteiger partial charge on any atom is 0.240 e. The third-order valence-electron chi connectivity index (χ3n) is 4.23. The Kier molecular flexibility index (Phi) is 5.71. The average Bonchev–Trinajstić information content (AvgIpc) is 2.71. The van der Waals surface area contributed by atoms with E-state index < -0.39 is 32.0 Å². The smallest absolute Gasteiger partial charge is 0.240 e. The average molecular weight is 377 g/mol. The maximum atomic E-state index is 12.4. The van der Waals surface area contributed by atoms with Crippen LogP contribution in [0.3, 0.4) is 0 Å². The molecule has 1 fully saturated rings. The first-order chi connectivity index (χ1) is 11.0. The fourth-order valence-corrected chi connectivity index (χ4v) is 5.89. The van der Waals surface area contributed by atoms with Crippen LogP contribution in [-0.2, 0) is 19.9 Å². The molecule has 9 heteroatoms. The van der Waals surface area contributed by atoms with Crippen LogP contribution in [0.15, 0.2) is 17.0 Å². The highest BCUT2D eigenvalue weighted by molar-refractivity contribution is 7.91. The Bertz CT molecular complexity index is 819. The zero-order valence-corrected chi connectivity index (χ0v) is 15.7. The van der Waals surface area contributed by atoms with Gasteiger partial charge in [0.25, 0.3) is 0 Å². The van der Waals surface area contributed by atoms with Crippen LogP contribution in [-0.4, -0.2) is 58.7 Å². The minimum atomic E-state index is -3.63. The molecule has 0 unspecified atom stereocenters. The Morgan fingerprint density at radius 1 is 1.08 bits per heavy atom. The molecule has 1 heterocycles. The summed E-state index contributed by atoms with van der Waals surface area (Å²) < 4.78 is 50.1. The van der Waals surface area contributed by atoms with Gasteiger partial charge >= 0.3 is 0 Å². The van der Waals surface area contributed by atoms with Gasteiger partial charge < -0.3 is 10.4 Å². The van der Waals surface area contributed by atoms with Crippen LogP contribution in [0.2, 0.25) is 0 Å². The van der Waals surface area contributed by atoms with Gasteiger partial charge in [-0.15, -0.1) is 0 Å². The first-order valence-electron chi connectivity index (χ1n) is 7.71. The lowest BCUT2D eigenvalue weighted by Gasteiger charge is -2.16. The van der Waals surface area contributed by atoms with E-state index in [0.717, 1.165) is 11.1 Å².